The fourth-order valence-corrected chi connectivity index (χ4v) is 1.63. The minimum absolute atomic E-state index is 0.0787. The van der Waals surface area contributed by atoms with Gasteiger partial charge in [0.25, 0.3) is 10.0 Å². The van der Waals surface area contributed by atoms with Crippen molar-refractivity contribution < 1.29 is 8.42 Å². The van der Waals surface area contributed by atoms with Crippen molar-refractivity contribution >= 4 is 10.0 Å². The Morgan fingerprint density at radius 3 is 2.43 bits per heavy atom. The molecule has 0 aliphatic carbocycles. The molecule has 4 nitrogen and oxygen atoms in total. The summed E-state index contributed by atoms with van der Waals surface area (Å²) < 4.78 is 21.8. The van der Waals surface area contributed by atoms with E-state index >= 15 is 0 Å². The molecule has 78 valence electrons. The van der Waals surface area contributed by atoms with Crippen LogP contribution in [0.4, 0.5) is 0 Å². The maximum absolute atomic E-state index is 10.9. The number of hydrogen-bond donors (Lipinski definition) is 1. The number of pyridine rings is 1. The molecule has 1 aromatic rings. The first-order chi connectivity index (χ1) is 6.39. The number of nitrogens with zero attached hydrogens (tertiary/aromatic N) is 1. The fourth-order valence-electron chi connectivity index (χ4n) is 1.17. The van der Waals surface area contributed by atoms with Crippen molar-refractivity contribution in [2.45, 2.75) is 25.3 Å². The van der Waals surface area contributed by atoms with Gasteiger partial charge in [0.15, 0.2) is 5.03 Å². The zero-order chi connectivity index (χ0) is 10.8. The molecule has 0 aromatic carbocycles. The maximum Gasteiger partial charge on any atom is 0.255 e. The third-order valence-electron chi connectivity index (χ3n) is 1.73. The maximum atomic E-state index is 10.9. The lowest BCUT2D eigenvalue weighted by Gasteiger charge is -2.04. The molecule has 0 bridgehead atoms. The van der Waals surface area contributed by atoms with Crippen LogP contribution in [0.3, 0.4) is 0 Å². The Kier molecular flexibility index (Phi) is 3.23. The molecule has 0 atom stereocenters. The van der Waals surface area contributed by atoms with Crippen molar-refractivity contribution in [1.29, 1.82) is 0 Å². The van der Waals surface area contributed by atoms with E-state index in [1.54, 1.807) is 12.3 Å². The van der Waals surface area contributed by atoms with E-state index in [0.29, 0.717) is 5.92 Å². The SMILES string of the molecule is CC(C)Cc1ccc(S(N)(=O)=O)nc1. The number of rotatable bonds is 3. The summed E-state index contributed by atoms with van der Waals surface area (Å²) in [6.07, 6.45) is 2.44. The molecule has 0 amide bonds. The van der Waals surface area contributed by atoms with E-state index in [1.807, 2.05) is 0 Å². The van der Waals surface area contributed by atoms with Crippen LogP contribution in [0.2, 0.25) is 0 Å². The average Bonchev–Trinajstić information content (AvgIpc) is 2.02. The lowest BCUT2D eigenvalue weighted by Crippen LogP contribution is -2.13. The van der Waals surface area contributed by atoms with Crippen LogP contribution in [0.1, 0.15) is 19.4 Å². The van der Waals surface area contributed by atoms with Crippen LogP contribution in [-0.4, -0.2) is 13.4 Å². The molecule has 0 aliphatic heterocycles. The number of sulfonamides is 1. The van der Waals surface area contributed by atoms with Gasteiger partial charge in [-0.2, -0.15) is 0 Å². The Bertz CT molecular complexity index is 395. The molecule has 5 heteroatoms. The van der Waals surface area contributed by atoms with Crippen molar-refractivity contribution in [1.82, 2.24) is 4.98 Å². The van der Waals surface area contributed by atoms with Gasteiger partial charge in [0, 0.05) is 6.20 Å². The predicted octanol–water partition coefficient (Wildman–Crippen LogP) is 0.928. The van der Waals surface area contributed by atoms with E-state index in [9.17, 15) is 8.42 Å². The molecule has 0 radical (unpaired) electrons. The van der Waals surface area contributed by atoms with Gasteiger partial charge in [0.1, 0.15) is 0 Å². The summed E-state index contributed by atoms with van der Waals surface area (Å²) >= 11 is 0. The van der Waals surface area contributed by atoms with E-state index < -0.39 is 10.0 Å². The highest BCUT2D eigenvalue weighted by Crippen LogP contribution is 2.09. The molecule has 14 heavy (non-hydrogen) atoms. The van der Waals surface area contributed by atoms with Crippen LogP contribution in [-0.2, 0) is 16.4 Å². The smallest absolute Gasteiger partial charge is 0.243 e. The van der Waals surface area contributed by atoms with Crippen molar-refractivity contribution in [3.05, 3.63) is 23.9 Å². The van der Waals surface area contributed by atoms with Gasteiger partial charge >= 0.3 is 0 Å². The monoisotopic (exact) mass is 214 g/mol. The minimum Gasteiger partial charge on any atom is -0.243 e. The first-order valence-corrected chi connectivity index (χ1v) is 5.92. The molecule has 0 saturated carbocycles. The second-order valence-electron chi connectivity index (χ2n) is 3.65. The Labute approximate surface area is 84.2 Å². The second-order valence-corrected chi connectivity index (χ2v) is 5.16. The third-order valence-corrected chi connectivity index (χ3v) is 2.56. The van der Waals surface area contributed by atoms with Crippen LogP contribution >= 0.6 is 0 Å². The highest BCUT2D eigenvalue weighted by molar-refractivity contribution is 7.89. The number of aromatic nitrogens is 1. The van der Waals surface area contributed by atoms with E-state index in [1.165, 1.54) is 6.07 Å². The first-order valence-electron chi connectivity index (χ1n) is 4.37. The molecule has 0 aliphatic rings. The van der Waals surface area contributed by atoms with Gasteiger partial charge in [-0.15, -0.1) is 0 Å². The summed E-state index contributed by atoms with van der Waals surface area (Å²) in [5, 5.41) is 4.84. The van der Waals surface area contributed by atoms with Crippen molar-refractivity contribution in [3.8, 4) is 0 Å². The highest BCUT2D eigenvalue weighted by atomic mass is 32.2. The van der Waals surface area contributed by atoms with Gasteiger partial charge in [-0.25, -0.2) is 18.5 Å². The van der Waals surface area contributed by atoms with Crippen molar-refractivity contribution in [3.63, 3.8) is 0 Å². The molecule has 0 spiro atoms. The first kappa shape index (κ1) is 11.1. The Balaban J connectivity index is 2.90. The van der Waals surface area contributed by atoms with Crippen molar-refractivity contribution in [2.24, 2.45) is 11.1 Å². The molecule has 0 saturated heterocycles. The van der Waals surface area contributed by atoms with E-state index in [4.69, 9.17) is 5.14 Å². The van der Waals surface area contributed by atoms with Gasteiger partial charge in [-0.05, 0) is 24.0 Å². The van der Waals surface area contributed by atoms with Crippen LogP contribution in [0.15, 0.2) is 23.4 Å². The number of primary sulfonamides is 1. The molecular weight excluding hydrogens is 200 g/mol. The van der Waals surface area contributed by atoms with Crippen LogP contribution < -0.4 is 5.14 Å². The van der Waals surface area contributed by atoms with Crippen molar-refractivity contribution in [2.75, 3.05) is 0 Å². The minimum atomic E-state index is -3.66. The molecule has 1 aromatic heterocycles. The predicted molar refractivity (Wildman–Crippen MR) is 54.2 cm³/mol. The zero-order valence-electron chi connectivity index (χ0n) is 8.27. The summed E-state index contributed by atoms with van der Waals surface area (Å²) in [6.45, 7) is 4.18. The Morgan fingerprint density at radius 1 is 1.43 bits per heavy atom. The summed E-state index contributed by atoms with van der Waals surface area (Å²) in [7, 11) is -3.66. The van der Waals surface area contributed by atoms with Gasteiger partial charge < -0.3 is 0 Å². The second kappa shape index (κ2) is 4.06. The molecular formula is C9H14N2O2S. The molecule has 1 rings (SSSR count). The van der Waals surface area contributed by atoms with E-state index in [2.05, 4.69) is 18.8 Å². The summed E-state index contributed by atoms with van der Waals surface area (Å²) in [4.78, 5) is 3.79. The number of nitrogens with two attached hydrogens (primary N) is 1. The quantitative estimate of drug-likeness (QED) is 0.813. The van der Waals surface area contributed by atoms with Gasteiger partial charge in [0.05, 0.1) is 0 Å². The largest absolute Gasteiger partial charge is 0.255 e. The van der Waals surface area contributed by atoms with Crippen LogP contribution in [0.5, 0.6) is 0 Å². The van der Waals surface area contributed by atoms with Gasteiger partial charge in [-0.1, -0.05) is 19.9 Å². The zero-order valence-corrected chi connectivity index (χ0v) is 9.08. The normalized spacial score (nSPS) is 12.0. The summed E-state index contributed by atoms with van der Waals surface area (Å²) in [5.41, 5.74) is 1.02. The number of hydrogen-bond acceptors (Lipinski definition) is 3. The Morgan fingerprint density at radius 2 is 2.07 bits per heavy atom. The lowest BCUT2D eigenvalue weighted by atomic mass is 10.1. The van der Waals surface area contributed by atoms with Crippen LogP contribution in [0.25, 0.3) is 0 Å². The summed E-state index contributed by atoms with van der Waals surface area (Å²) in [5.74, 6) is 0.525. The highest BCUT2D eigenvalue weighted by Gasteiger charge is 2.08. The third kappa shape index (κ3) is 3.08. The van der Waals surface area contributed by atoms with Gasteiger partial charge in [0.2, 0.25) is 0 Å². The van der Waals surface area contributed by atoms with E-state index in [-0.39, 0.29) is 5.03 Å². The average molecular weight is 214 g/mol. The Hall–Kier alpha value is -0.940. The molecule has 0 fully saturated rings. The lowest BCUT2D eigenvalue weighted by molar-refractivity contribution is 0.593. The van der Waals surface area contributed by atoms with E-state index in [0.717, 1.165) is 12.0 Å². The molecule has 2 N–H and O–H groups in total. The molecule has 0 unspecified atom stereocenters. The standard InChI is InChI=1S/C9H14N2O2S/c1-7(2)5-8-3-4-9(11-6-8)14(10,12)13/h3-4,6-7H,5H2,1-2H3,(H2,10,12,13). The fraction of sp³-hybridized carbons (Fsp3) is 0.444. The van der Waals surface area contributed by atoms with Gasteiger partial charge in [-0.3, -0.25) is 0 Å². The molecule has 1 heterocycles. The topological polar surface area (TPSA) is 73.1 Å². The summed E-state index contributed by atoms with van der Waals surface area (Å²) in [6, 6.07) is 3.18. The van der Waals surface area contributed by atoms with Crippen LogP contribution in [0, 0.1) is 5.92 Å².